The van der Waals surface area contributed by atoms with Gasteiger partial charge in [0.25, 0.3) is 23.6 Å². The Labute approximate surface area is 549 Å². The molecule has 0 fully saturated rings. The summed E-state index contributed by atoms with van der Waals surface area (Å²) in [7, 11) is 0. The number of carbonyl (C=O) groups excluding carboxylic acids is 4. The van der Waals surface area contributed by atoms with Crippen molar-refractivity contribution in [1.29, 1.82) is 10.5 Å². The van der Waals surface area contributed by atoms with Gasteiger partial charge in [-0.05, 0) is 141 Å². The molecule has 0 radical (unpaired) electrons. The first-order valence-corrected chi connectivity index (χ1v) is 29.4. The van der Waals surface area contributed by atoms with Crippen molar-refractivity contribution in [3.63, 3.8) is 0 Å². The summed E-state index contributed by atoms with van der Waals surface area (Å²) < 4.78 is 197. The lowest BCUT2D eigenvalue weighted by Crippen LogP contribution is -2.49. The zero-order chi connectivity index (χ0) is 72.2. The molecule has 0 saturated heterocycles. The highest BCUT2D eigenvalue weighted by Gasteiger charge is 2.50. The monoisotopic (exact) mass is 1380 g/mol. The number of amides is 4. The fourth-order valence-electron chi connectivity index (χ4n) is 9.83. The van der Waals surface area contributed by atoms with Gasteiger partial charge in [-0.2, -0.15) is 47.1 Å². The Hall–Kier alpha value is -10.8. The minimum absolute atomic E-state index is 0.168. The van der Waals surface area contributed by atoms with E-state index in [4.69, 9.17) is 18.3 Å². The average molecular weight is 1380 g/mol. The third kappa shape index (κ3) is 15.9. The van der Waals surface area contributed by atoms with Gasteiger partial charge >= 0.3 is 24.5 Å². The summed E-state index contributed by atoms with van der Waals surface area (Å²) in [6, 6.07) is 16.2. The Morgan fingerprint density at radius 1 is 0.551 bits per heavy atom. The van der Waals surface area contributed by atoms with Crippen LogP contribution in [0, 0.1) is 34.3 Å². The van der Waals surface area contributed by atoms with E-state index in [0.717, 1.165) is 55.8 Å². The van der Waals surface area contributed by atoms with Crippen LogP contribution < -0.4 is 20.4 Å². The number of benzene rings is 4. The number of hydrogen-bond acceptors (Lipinski definition) is 16. The Kier molecular flexibility index (Phi) is 19.0. The summed E-state index contributed by atoms with van der Waals surface area (Å²) in [6.45, 7) is 14.4. The number of nitrogens with one attached hydrogen (secondary N) is 2. The molecule has 0 spiro atoms. The second kappa shape index (κ2) is 26.0. The van der Waals surface area contributed by atoms with Gasteiger partial charge in [-0.15, -0.1) is 20.4 Å². The van der Waals surface area contributed by atoms with E-state index in [2.05, 4.69) is 41.2 Å². The van der Waals surface area contributed by atoms with Gasteiger partial charge in [-0.3, -0.25) is 9.59 Å². The van der Waals surface area contributed by atoms with Crippen LogP contribution in [0.25, 0.3) is 34.3 Å². The molecule has 516 valence electrons. The van der Waals surface area contributed by atoms with E-state index >= 15 is 26.3 Å². The molecule has 2 aliphatic rings. The van der Waals surface area contributed by atoms with Crippen molar-refractivity contribution >= 4 is 35.4 Å². The Morgan fingerprint density at radius 2 is 0.888 bits per heavy atom. The highest BCUT2D eigenvalue weighted by atomic mass is 19.4. The summed E-state index contributed by atoms with van der Waals surface area (Å²) in [4.78, 5) is 55.1. The van der Waals surface area contributed by atoms with E-state index in [-0.39, 0.29) is 23.2 Å². The Morgan fingerprint density at radius 3 is 1.18 bits per heavy atom. The molecular formula is C64H58F12N14O8. The quantitative estimate of drug-likeness (QED) is 0.108. The number of anilines is 2. The van der Waals surface area contributed by atoms with Crippen LogP contribution in [-0.2, 0) is 67.2 Å². The van der Waals surface area contributed by atoms with Crippen LogP contribution in [0.4, 0.5) is 73.6 Å². The standard InChI is InChI=1S/2C32H29F6N7O4/c2*1-29(2,3)49-28(47)40-22-14-31(34,35)20-13-21(33)19(25-41-42-27(48-25)30(4,5)16-39)12-23(20)44(26(22)46)15-17-6-8-18(9-7-17)45-11-10-24(43-45)32(36,37)38/h2*6-13,22H,14-15H2,1-5H3,(H,40,47)/t22-;/m1./s1. The van der Waals surface area contributed by atoms with E-state index in [9.17, 15) is 56.0 Å². The number of carbonyl (C=O) groups is 4. The molecule has 2 atom stereocenters. The maximum absolute atomic E-state index is 15.9. The SMILES string of the molecule is CC(C)(C)OC(=O)NC1CC(F)(F)c2cc(F)c(-c3nnc(C(C)(C)C#N)o3)cc2N(Cc2ccc(-n3ccc(C(F)(F)F)n3)cc2)C1=O.CC(C)(C)OC(=O)N[C@@H]1CC(F)(F)c2cc(F)c(-c3nnc(C(C)(C)C#N)o3)cc2N(Cc2ccc(-n3ccc(C(F)(F)F)n3)cc2)C1=O. The van der Waals surface area contributed by atoms with Gasteiger partial charge in [-0.1, -0.05) is 24.3 Å². The van der Waals surface area contributed by atoms with Gasteiger partial charge in [0, 0.05) is 36.4 Å². The predicted molar refractivity (Wildman–Crippen MR) is 320 cm³/mol. The van der Waals surface area contributed by atoms with E-state index in [1.807, 2.05) is 12.1 Å². The van der Waals surface area contributed by atoms with Crippen LogP contribution in [0.2, 0.25) is 0 Å². The minimum Gasteiger partial charge on any atom is -0.444 e. The number of alkyl carbamates (subject to hydrolysis) is 2. The maximum atomic E-state index is 15.9. The van der Waals surface area contributed by atoms with Crippen molar-refractivity contribution in [2.75, 3.05) is 9.80 Å². The number of nitriles is 2. The third-order valence-corrected chi connectivity index (χ3v) is 14.8. The van der Waals surface area contributed by atoms with Crippen LogP contribution in [0.1, 0.15) is 128 Å². The van der Waals surface area contributed by atoms with Gasteiger partial charge in [0.15, 0.2) is 11.4 Å². The number of hydrogen-bond donors (Lipinski definition) is 2. The van der Waals surface area contributed by atoms with Crippen LogP contribution >= 0.6 is 0 Å². The molecule has 6 heterocycles. The molecule has 4 aromatic heterocycles. The largest absolute Gasteiger partial charge is 0.444 e. The molecule has 2 N–H and O–H groups in total. The number of fused-ring (bicyclic) bond motifs is 2. The van der Waals surface area contributed by atoms with Crippen molar-refractivity contribution in [3.8, 4) is 46.4 Å². The lowest BCUT2D eigenvalue weighted by molar-refractivity contribution is -0.142. The fourth-order valence-corrected chi connectivity index (χ4v) is 9.83. The van der Waals surface area contributed by atoms with Crippen LogP contribution in [-0.4, -0.2) is 87.2 Å². The first-order valence-electron chi connectivity index (χ1n) is 29.4. The number of aromatic nitrogens is 8. The number of alkyl halides is 10. The molecule has 0 saturated carbocycles. The maximum Gasteiger partial charge on any atom is 0.435 e. The van der Waals surface area contributed by atoms with Crippen molar-refractivity contribution in [1.82, 2.24) is 50.6 Å². The van der Waals surface area contributed by atoms with Gasteiger partial charge in [0.1, 0.15) is 45.8 Å². The summed E-state index contributed by atoms with van der Waals surface area (Å²) in [5.74, 6) is -13.3. The number of rotatable bonds is 12. The van der Waals surface area contributed by atoms with Gasteiger partial charge in [0.2, 0.25) is 23.6 Å². The van der Waals surface area contributed by atoms with E-state index in [1.54, 1.807) is 41.5 Å². The van der Waals surface area contributed by atoms with Crippen molar-refractivity contribution in [2.24, 2.45) is 0 Å². The molecule has 4 aromatic carbocycles. The van der Waals surface area contributed by atoms with Crippen molar-refractivity contribution in [2.45, 2.75) is 153 Å². The Balaban J connectivity index is 0.000000229. The topological polar surface area (TPSA) is 278 Å². The van der Waals surface area contributed by atoms with Crippen LogP contribution in [0.15, 0.2) is 106 Å². The molecule has 22 nitrogen and oxygen atoms in total. The predicted octanol–water partition coefficient (Wildman–Crippen LogP) is 13.6. The zero-order valence-electron chi connectivity index (χ0n) is 53.4. The third-order valence-electron chi connectivity index (χ3n) is 14.8. The lowest BCUT2D eigenvalue weighted by Gasteiger charge is -2.27. The summed E-state index contributed by atoms with van der Waals surface area (Å²) in [5, 5.41) is 45.5. The first kappa shape index (κ1) is 71.5. The fraction of sp³-hybridized carbons (Fsp3) is 0.375. The number of nitrogens with zero attached hydrogens (tertiary/aromatic N) is 12. The molecule has 0 bridgehead atoms. The molecule has 98 heavy (non-hydrogen) atoms. The number of ether oxygens (including phenoxy) is 2. The lowest BCUT2D eigenvalue weighted by atomic mass is 9.96. The van der Waals surface area contributed by atoms with Gasteiger partial charge in [-0.25, -0.2) is 45.3 Å². The molecule has 2 aliphatic heterocycles. The van der Waals surface area contributed by atoms with E-state index in [0.29, 0.717) is 23.3 Å². The Bertz CT molecular complexity index is 4160. The van der Waals surface area contributed by atoms with Gasteiger partial charge < -0.3 is 38.7 Å². The normalized spacial score (nSPS) is 16.5. The first-order chi connectivity index (χ1) is 45.4. The summed E-state index contributed by atoms with van der Waals surface area (Å²) in [6.07, 6.45) is -11.9. The molecule has 1 unspecified atom stereocenters. The summed E-state index contributed by atoms with van der Waals surface area (Å²) >= 11 is 0. The highest BCUT2D eigenvalue weighted by molar-refractivity contribution is 6.02. The number of halogens is 12. The molecule has 10 rings (SSSR count). The molecule has 34 heteroatoms. The molecule has 0 aliphatic carbocycles. The van der Waals surface area contributed by atoms with Crippen LogP contribution in [0.3, 0.4) is 0 Å². The average Bonchev–Trinajstić information content (AvgIpc) is 1.58. The molecular weight excluding hydrogens is 1320 g/mol. The van der Waals surface area contributed by atoms with Crippen LogP contribution in [0.5, 0.6) is 0 Å². The van der Waals surface area contributed by atoms with Crippen molar-refractivity contribution in [3.05, 3.63) is 154 Å². The van der Waals surface area contributed by atoms with E-state index < -0.39 is 177 Å². The second-order valence-corrected chi connectivity index (χ2v) is 25.7. The van der Waals surface area contributed by atoms with Crippen molar-refractivity contribution < 1.29 is 90.2 Å². The molecule has 8 aromatic rings. The molecule has 4 amide bonds. The smallest absolute Gasteiger partial charge is 0.435 e. The minimum atomic E-state index is -4.66. The second-order valence-electron chi connectivity index (χ2n) is 25.7. The summed E-state index contributed by atoms with van der Waals surface area (Å²) in [5.41, 5.74) is -9.19. The van der Waals surface area contributed by atoms with Gasteiger partial charge in [0.05, 0.1) is 59.1 Å². The van der Waals surface area contributed by atoms with E-state index in [1.165, 1.54) is 76.2 Å². The highest BCUT2D eigenvalue weighted by Crippen LogP contribution is 2.48. The zero-order valence-corrected chi connectivity index (χ0v) is 53.4.